The summed E-state index contributed by atoms with van der Waals surface area (Å²) in [7, 11) is 1.39. The topological polar surface area (TPSA) is 143 Å². The number of carbonyl (C=O) groups excluding carboxylic acids is 2. The van der Waals surface area contributed by atoms with Gasteiger partial charge < -0.3 is 34.6 Å². The first-order valence-corrected chi connectivity index (χ1v) is 9.71. The molecule has 0 saturated heterocycles. The number of phenols is 1. The number of hydrogen-bond acceptors (Lipinski definition) is 9. The van der Waals surface area contributed by atoms with Crippen molar-refractivity contribution >= 4 is 18.0 Å². The van der Waals surface area contributed by atoms with Crippen LogP contribution in [0, 0.1) is 0 Å². The predicted octanol–water partition coefficient (Wildman–Crippen LogP) is 0.916. The molecule has 0 heterocycles. The van der Waals surface area contributed by atoms with Crippen molar-refractivity contribution in [2.75, 3.05) is 13.7 Å². The number of esters is 2. The molecule has 1 aromatic rings. The average Bonchev–Trinajstić information content (AvgIpc) is 2.70. The maximum atomic E-state index is 12.1. The van der Waals surface area contributed by atoms with E-state index in [4.69, 9.17) is 14.2 Å². The Morgan fingerprint density at radius 1 is 1.23 bits per heavy atom. The number of benzene rings is 1. The molecule has 0 radical (unpaired) electrons. The Morgan fingerprint density at radius 2 is 1.90 bits per heavy atom. The zero-order valence-electron chi connectivity index (χ0n) is 17.0. The smallest absolute Gasteiger partial charge is 0.338 e. The molecule has 0 aromatic heterocycles. The highest BCUT2D eigenvalue weighted by Gasteiger charge is 2.51. The van der Waals surface area contributed by atoms with Crippen molar-refractivity contribution in [3.8, 4) is 11.5 Å². The van der Waals surface area contributed by atoms with Crippen LogP contribution < -0.4 is 4.74 Å². The molecule has 3 unspecified atom stereocenters. The lowest BCUT2D eigenvalue weighted by Crippen LogP contribution is -2.57. The summed E-state index contributed by atoms with van der Waals surface area (Å²) in [6.45, 7) is 2.05. The molecule has 2 rings (SSSR count). The highest BCUT2D eigenvalue weighted by Crippen LogP contribution is 2.32. The molecule has 166 valence electrons. The minimum Gasteiger partial charge on any atom is -0.504 e. The zero-order chi connectivity index (χ0) is 22.3. The lowest BCUT2D eigenvalue weighted by atomic mass is 9.79. The van der Waals surface area contributed by atoms with Crippen LogP contribution in [-0.4, -0.2) is 70.0 Å². The van der Waals surface area contributed by atoms with Crippen molar-refractivity contribution in [2.24, 2.45) is 0 Å². The second kappa shape index (κ2) is 10.4. The van der Waals surface area contributed by atoms with Gasteiger partial charge in [0.05, 0.1) is 25.9 Å². The van der Waals surface area contributed by atoms with Crippen LogP contribution in [0.1, 0.15) is 38.2 Å². The molecule has 1 aliphatic carbocycles. The number of ether oxygens (including phenoxy) is 3. The standard InChI is InChI=1S/C21H28O9/c1-3-4-9-29-20(26)21(27)11-15(23)19(16(24)12-21)30-18(25)8-6-13-5-7-14(22)17(10-13)28-2/h5-8,10,15-16,19,22-24,27H,3-4,9,11-12H2,1-2H3/b8-6+/t15-,16?,19?,21?/m1/s1. The van der Waals surface area contributed by atoms with Crippen molar-refractivity contribution in [3.63, 3.8) is 0 Å². The summed E-state index contributed by atoms with van der Waals surface area (Å²) in [4.78, 5) is 24.2. The summed E-state index contributed by atoms with van der Waals surface area (Å²) < 4.78 is 15.1. The largest absolute Gasteiger partial charge is 0.504 e. The molecule has 0 spiro atoms. The molecule has 4 N–H and O–H groups in total. The second-order valence-electron chi connectivity index (χ2n) is 7.23. The zero-order valence-corrected chi connectivity index (χ0v) is 17.0. The normalized spacial score (nSPS) is 26.4. The van der Waals surface area contributed by atoms with Gasteiger partial charge in [0, 0.05) is 18.9 Å². The number of aliphatic hydroxyl groups excluding tert-OH is 2. The van der Waals surface area contributed by atoms with Crippen LogP contribution >= 0.6 is 0 Å². The van der Waals surface area contributed by atoms with Gasteiger partial charge in [-0.3, -0.25) is 0 Å². The molecule has 1 fully saturated rings. The van der Waals surface area contributed by atoms with E-state index in [1.54, 1.807) is 6.07 Å². The monoisotopic (exact) mass is 424 g/mol. The van der Waals surface area contributed by atoms with E-state index in [1.807, 2.05) is 6.92 Å². The fourth-order valence-corrected chi connectivity index (χ4v) is 3.17. The molecule has 0 amide bonds. The first-order chi connectivity index (χ1) is 14.2. The lowest BCUT2D eigenvalue weighted by Gasteiger charge is -2.39. The van der Waals surface area contributed by atoms with E-state index in [2.05, 4.69) is 0 Å². The molecular formula is C21H28O9. The predicted molar refractivity (Wildman–Crippen MR) is 106 cm³/mol. The minimum atomic E-state index is -2.05. The molecule has 1 saturated carbocycles. The van der Waals surface area contributed by atoms with E-state index in [9.17, 15) is 30.0 Å². The van der Waals surface area contributed by atoms with Crippen molar-refractivity contribution < 1.29 is 44.2 Å². The summed E-state index contributed by atoms with van der Waals surface area (Å²) in [6, 6.07) is 4.46. The molecule has 9 nitrogen and oxygen atoms in total. The Bertz CT molecular complexity index is 762. The highest BCUT2D eigenvalue weighted by atomic mass is 16.6. The summed E-state index contributed by atoms with van der Waals surface area (Å²) in [5, 5.41) is 40.6. The molecule has 1 aliphatic rings. The Morgan fingerprint density at radius 3 is 2.50 bits per heavy atom. The van der Waals surface area contributed by atoms with Gasteiger partial charge in [-0.05, 0) is 30.2 Å². The van der Waals surface area contributed by atoms with E-state index in [0.717, 1.165) is 12.5 Å². The average molecular weight is 424 g/mol. The molecule has 30 heavy (non-hydrogen) atoms. The first-order valence-electron chi connectivity index (χ1n) is 9.71. The molecular weight excluding hydrogens is 396 g/mol. The SMILES string of the molecule is CCCCOC(=O)C1(O)CC(O)C(OC(=O)/C=C/c2ccc(O)c(OC)c2)[C@H](O)C1. The molecule has 0 bridgehead atoms. The van der Waals surface area contributed by atoms with Crippen LogP contribution in [0.25, 0.3) is 6.08 Å². The number of phenolic OH excluding ortho intramolecular Hbond substituents is 1. The van der Waals surface area contributed by atoms with Gasteiger partial charge in [0.25, 0.3) is 0 Å². The van der Waals surface area contributed by atoms with Crippen LogP contribution in [0.5, 0.6) is 11.5 Å². The number of methoxy groups -OCH3 is 1. The van der Waals surface area contributed by atoms with Gasteiger partial charge in [-0.15, -0.1) is 0 Å². The van der Waals surface area contributed by atoms with Crippen LogP contribution in [0.15, 0.2) is 24.3 Å². The van der Waals surface area contributed by atoms with Crippen LogP contribution in [0.2, 0.25) is 0 Å². The van der Waals surface area contributed by atoms with Crippen molar-refractivity contribution in [2.45, 2.75) is 56.5 Å². The first kappa shape index (κ1) is 23.7. The van der Waals surface area contributed by atoms with E-state index in [0.29, 0.717) is 12.0 Å². The van der Waals surface area contributed by atoms with Gasteiger partial charge in [0.15, 0.2) is 23.2 Å². The number of unbranched alkanes of at least 4 members (excludes halogenated alkanes) is 1. The fourth-order valence-electron chi connectivity index (χ4n) is 3.17. The van der Waals surface area contributed by atoms with Crippen LogP contribution in [-0.2, 0) is 19.1 Å². The second-order valence-corrected chi connectivity index (χ2v) is 7.23. The van der Waals surface area contributed by atoms with E-state index < -0.39 is 48.7 Å². The van der Waals surface area contributed by atoms with Crippen molar-refractivity contribution in [3.05, 3.63) is 29.8 Å². The molecule has 0 aliphatic heterocycles. The quantitative estimate of drug-likeness (QED) is 0.272. The van der Waals surface area contributed by atoms with E-state index >= 15 is 0 Å². The number of rotatable bonds is 8. The Hall–Kier alpha value is -2.62. The Labute approximate surface area is 174 Å². The van der Waals surface area contributed by atoms with E-state index in [1.165, 1.54) is 25.3 Å². The molecule has 1 aromatic carbocycles. The van der Waals surface area contributed by atoms with Crippen LogP contribution in [0.4, 0.5) is 0 Å². The highest BCUT2D eigenvalue weighted by molar-refractivity contribution is 5.87. The van der Waals surface area contributed by atoms with Gasteiger partial charge in [0.2, 0.25) is 0 Å². The summed E-state index contributed by atoms with van der Waals surface area (Å²) >= 11 is 0. The van der Waals surface area contributed by atoms with Gasteiger partial charge in [0.1, 0.15) is 0 Å². The Kier molecular flexibility index (Phi) is 8.22. The van der Waals surface area contributed by atoms with E-state index in [-0.39, 0.29) is 18.1 Å². The maximum Gasteiger partial charge on any atom is 0.338 e. The maximum absolute atomic E-state index is 12.1. The number of hydrogen-bond donors (Lipinski definition) is 4. The van der Waals surface area contributed by atoms with Gasteiger partial charge >= 0.3 is 11.9 Å². The summed E-state index contributed by atoms with van der Waals surface area (Å²) in [5.41, 5.74) is -1.50. The number of carbonyl (C=O) groups is 2. The van der Waals surface area contributed by atoms with Crippen molar-refractivity contribution in [1.29, 1.82) is 0 Å². The third-order valence-electron chi connectivity index (χ3n) is 4.83. The van der Waals surface area contributed by atoms with Gasteiger partial charge in [-0.2, -0.15) is 0 Å². The Balaban J connectivity index is 1.97. The molecule has 9 heteroatoms. The third kappa shape index (κ3) is 5.94. The fraction of sp³-hybridized carbons (Fsp3) is 0.524. The van der Waals surface area contributed by atoms with Gasteiger partial charge in [-0.1, -0.05) is 19.4 Å². The number of aliphatic hydroxyl groups is 3. The summed E-state index contributed by atoms with van der Waals surface area (Å²) in [6.07, 6.45) is -1.13. The lowest BCUT2D eigenvalue weighted by molar-refractivity contribution is -0.200. The molecule has 4 atom stereocenters. The van der Waals surface area contributed by atoms with Crippen LogP contribution in [0.3, 0.4) is 0 Å². The minimum absolute atomic E-state index is 0.0496. The van der Waals surface area contributed by atoms with Gasteiger partial charge in [-0.25, -0.2) is 9.59 Å². The van der Waals surface area contributed by atoms with Crippen molar-refractivity contribution in [1.82, 2.24) is 0 Å². The third-order valence-corrected chi connectivity index (χ3v) is 4.83. The summed E-state index contributed by atoms with van der Waals surface area (Å²) in [5.74, 6) is -1.57. The number of aromatic hydroxyl groups is 1.